The van der Waals surface area contributed by atoms with Crippen molar-refractivity contribution < 1.29 is 4.74 Å². The Hall–Kier alpha value is -0.590. The molecule has 2 atom stereocenters. The summed E-state index contributed by atoms with van der Waals surface area (Å²) >= 11 is 0. The summed E-state index contributed by atoms with van der Waals surface area (Å²) in [7, 11) is 0. The van der Waals surface area contributed by atoms with Crippen LogP contribution >= 0.6 is 0 Å². The van der Waals surface area contributed by atoms with Crippen molar-refractivity contribution in [1.82, 2.24) is 4.90 Å². The third-order valence-corrected chi connectivity index (χ3v) is 3.76. The van der Waals surface area contributed by atoms with Crippen LogP contribution in [0.3, 0.4) is 0 Å². The summed E-state index contributed by atoms with van der Waals surface area (Å²) in [4.78, 5) is 2.36. The van der Waals surface area contributed by atoms with Gasteiger partial charge >= 0.3 is 0 Å². The largest absolute Gasteiger partial charge is 0.378 e. The maximum atomic E-state index is 9.06. The third-order valence-electron chi connectivity index (χ3n) is 3.76. The highest BCUT2D eigenvalue weighted by molar-refractivity contribution is 4.93. The molecule has 2 unspecified atom stereocenters. The van der Waals surface area contributed by atoms with Gasteiger partial charge in [0.2, 0.25) is 0 Å². The molecule has 90 valence electrons. The lowest BCUT2D eigenvalue weighted by atomic mass is 10.0. The summed E-state index contributed by atoms with van der Waals surface area (Å²) in [5.74, 6) is 0. The highest BCUT2D eigenvalue weighted by atomic mass is 16.5. The van der Waals surface area contributed by atoms with Crippen LogP contribution in [-0.4, -0.2) is 36.7 Å². The lowest BCUT2D eigenvalue weighted by Crippen LogP contribution is -2.39. The van der Waals surface area contributed by atoms with Crippen LogP contribution in [-0.2, 0) is 4.74 Å². The fraction of sp³-hybridized carbons (Fsp3) is 0.923. The summed E-state index contributed by atoms with van der Waals surface area (Å²) < 4.78 is 5.61. The smallest absolute Gasteiger partial charge is 0.0977 e. The van der Waals surface area contributed by atoms with E-state index in [1.807, 2.05) is 0 Å². The molecular weight excluding hydrogens is 200 g/mol. The SMILES string of the molecule is N#CC1CCCCN1CCCC1CCCO1. The second kappa shape index (κ2) is 6.22. The quantitative estimate of drug-likeness (QED) is 0.732. The highest BCUT2D eigenvalue weighted by Crippen LogP contribution is 2.20. The van der Waals surface area contributed by atoms with Crippen molar-refractivity contribution in [3.63, 3.8) is 0 Å². The lowest BCUT2D eigenvalue weighted by molar-refractivity contribution is 0.0951. The van der Waals surface area contributed by atoms with E-state index in [0.717, 1.165) is 26.1 Å². The van der Waals surface area contributed by atoms with Crippen LogP contribution in [0.2, 0.25) is 0 Å². The number of nitrogens with zero attached hydrogens (tertiary/aromatic N) is 2. The molecule has 0 spiro atoms. The van der Waals surface area contributed by atoms with E-state index in [9.17, 15) is 0 Å². The Morgan fingerprint density at radius 1 is 1.25 bits per heavy atom. The van der Waals surface area contributed by atoms with Crippen molar-refractivity contribution >= 4 is 0 Å². The Balaban J connectivity index is 1.65. The van der Waals surface area contributed by atoms with Gasteiger partial charge in [-0.25, -0.2) is 0 Å². The fourth-order valence-corrected chi connectivity index (χ4v) is 2.80. The molecule has 3 nitrogen and oxygen atoms in total. The van der Waals surface area contributed by atoms with E-state index in [4.69, 9.17) is 10.00 Å². The zero-order valence-corrected chi connectivity index (χ0v) is 10.0. The van der Waals surface area contributed by atoms with Gasteiger partial charge in [0.25, 0.3) is 0 Å². The summed E-state index contributed by atoms with van der Waals surface area (Å²) in [6.45, 7) is 3.15. The number of ether oxygens (including phenoxy) is 1. The Morgan fingerprint density at radius 2 is 2.19 bits per heavy atom. The summed E-state index contributed by atoms with van der Waals surface area (Å²) in [5.41, 5.74) is 0. The molecule has 0 amide bonds. The predicted octanol–water partition coefficient (Wildman–Crippen LogP) is 2.32. The Kier molecular flexibility index (Phi) is 4.62. The van der Waals surface area contributed by atoms with E-state index in [1.54, 1.807) is 0 Å². The molecule has 16 heavy (non-hydrogen) atoms. The molecular formula is C13H22N2O. The van der Waals surface area contributed by atoms with Crippen LogP contribution in [0.25, 0.3) is 0 Å². The van der Waals surface area contributed by atoms with Gasteiger partial charge in [0.15, 0.2) is 0 Å². The van der Waals surface area contributed by atoms with Crippen LogP contribution in [0, 0.1) is 11.3 Å². The zero-order chi connectivity index (χ0) is 11.2. The summed E-state index contributed by atoms with van der Waals surface area (Å²) in [6.07, 6.45) is 8.88. The minimum absolute atomic E-state index is 0.179. The van der Waals surface area contributed by atoms with Crippen LogP contribution in [0.1, 0.15) is 44.9 Å². The van der Waals surface area contributed by atoms with Gasteiger partial charge < -0.3 is 4.74 Å². The predicted molar refractivity (Wildman–Crippen MR) is 63.0 cm³/mol. The lowest BCUT2D eigenvalue weighted by Gasteiger charge is -2.31. The number of nitriles is 1. The van der Waals surface area contributed by atoms with Gasteiger partial charge in [-0.05, 0) is 58.0 Å². The van der Waals surface area contributed by atoms with Gasteiger partial charge in [0, 0.05) is 6.61 Å². The molecule has 0 bridgehead atoms. The van der Waals surface area contributed by atoms with Gasteiger partial charge in [-0.3, -0.25) is 4.90 Å². The maximum absolute atomic E-state index is 9.06. The van der Waals surface area contributed by atoms with Crippen molar-refractivity contribution in [2.24, 2.45) is 0 Å². The Morgan fingerprint density at radius 3 is 2.94 bits per heavy atom. The van der Waals surface area contributed by atoms with E-state index < -0.39 is 0 Å². The molecule has 0 aromatic heterocycles. The van der Waals surface area contributed by atoms with Crippen molar-refractivity contribution in [1.29, 1.82) is 5.26 Å². The standard InChI is InChI=1S/C13H22N2O/c14-11-12-5-1-2-8-15(12)9-3-6-13-7-4-10-16-13/h12-13H,1-10H2. The van der Waals surface area contributed by atoms with Crippen molar-refractivity contribution in [2.75, 3.05) is 19.7 Å². The zero-order valence-electron chi connectivity index (χ0n) is 10.0. The third kappa shape index (κ3) is 3.20. The van der Waals surface area contributed by atoms with Crippen LogP contribution in [0.5, 0.6) is 0 Å². The van der Waals surface area contributed by atoms with E-state index in [2.05, 4.69) is 11.0 Å². The van der Waals surface area contributed by atoms with E-state index in [-0.39, 0.29) is 6.04 Å². The minimum atomic E-state index is 0.179. The molecule has 0 saturated carbocycles. The van der Waals surface area contributed by atoms with Gasteiger partial charge in [-0.15, -0.1) is 0 Å². The number of rotatable bonds is 4. The molecule has 0 aromatic carbocycles. The first-order valence-electron chi connectivity index (χ1n) is 6.65. The molecule has 2 heterocycles. The number of hydrogen-bond donors (Lipinski definition) is 0. The molecule has 2 saturated heterocycles. The van der Waals surface area contributed by atoms with Gasteiger partial charge in [-0.1, -0.05) is 0 Å². The second-order valence-electron chi connectivity index (χ2n) is 4.95. The van der Waals surface area contributed by atoms with Crippen LogP contribution < -0.4 is 0 Å². The van der Waals surface area contributed by atoms with Gasteiger partial charge in [-0.2, -0.15) is 5.26 Å². The summed E-state index contributed by atoms with van der Waals surface area (Å²) in [6, 6.07) is 2.61. The van der Waals surface area contributed by atoms with E-state index in [1.165, 1.54) is 38.5 Å². The minimum Gasteiger partial charge on any atom is -0.378 e. The Labute approximate surface area is 98.4 Å². The average molecular weight is 222 g/mol. The normalized spacial score (nSPS) is 31.4. The van der Waals surface area contributed by atoms with Crippen molar-refractivity contribution in [2.45, 2.75) is 57.1 Å². The molecule has 0 radical (unpaired) electrons. The molecule has 2 fully saturated rings. The maximum Gasteiger partial charge on any atom is 0.0977 e. The molecule has 2 aliphatic heterocycles. The first-order chi connectivity index (χ1) is 7.90. The number of hydrogen-bond acceptors (Lipinski definition) is 3. The van der Waals surface area contributed by atoms with Crippen molar-refractivity contribution in [3.8, 4) is 6.07 Å². The first kappa shape index (κ1) is 11.9. The highest BCUT2D eigenvalue weighted by Gasteiger charge is 2.22. The fourth-order valence-electron chi connectivity index (χ4n) is 2.80. The molecule has 0 aromatic rings. The second-order valence-corrected chi connectivity index (χ2v) is 4.95. The Bertz CT molecular complexity index is 243. The monoisotopic (exact) mass is 222 g/mol. The molecule has 2 aliphatic rings. The van der Waals surface area contributed by atoms with Crippen molar-refractivity contribution in [3.05, 3.63) is 0 Å². The summed E-state index contributed by atoms with van der Waals surface area (Å²) in [5, 5.41) is 9.06. The topological polar surface area (TPSA) is 36.3 Å². The van der Waals surface area contributed by atoms with Crippen LogP contribution in [0.15, 0.2) is 0 Å². The molecule has 3 heteroatoms. The van der Waals surface area contributed by atoms with Gasteiger partial charge in [0.1, 0.15) is 0 Å². The van der Waals surface area contributed by atoms with Gasteiger partial charge in [0.05, 0.1) is 18.2 Å². The number of likely N-dealkylation sites (tertiary alicyclic amines) is 1. The average Bonchev–Trinajstić information content (AvgIpc) is 2.83. The number of piperidine rings is 1. The van der Waals surface area contributed by atoms with Crippen LogP contribution in [0.4, 0.5) is 0 Å². The molecule has 2 rings (SSSR count). The van der Waals surface area contributed by atoms with E-state index >= 15 is 0 Å². The first-order valence-corrected chi connectivity index (χ1v) is 6.65. The molecule has 0 aliphatic carbocycles. The van der Waals surface area contributed by atoms with E-state index in [0.29, 0.717) is 6.10 Å². The molecule has 0 N–H and O–H groups in total.